The van der Waals surface area contributed by atoms with Crippen LogP contribution in [0, 0.1) is 17.5 Å². The van der Waals surface area contributed by atoms with Gasteiger partial charge in [0.1, 0.15) is 11.3 Å². The molecule has 0 fully saturated rings. The molecule has 2 nitrogen and oxygen atoms in total. The summed E-state index contributed by atoms with van der Waals surface area (Å²) in [4.78, 5) is 4.06. The molecule has 2 N–H and O–H groups in total. The fourth-order valence-electron chi connectivity index (χ4n) is 2.53. The van der Waals surface area contributed by atoms with Gasteiger partial charge in [-0.3, -0.25) is 0 Å². The molecular formula is C13H11F3N2. The number of aromatic nitrogens is 1. The van der Waals surface area contributed by atoms with Crippen LogP contribution in [-0.4, -0.2) is 4.98 Å². The normalized spacial score (nSPS) is 14.8. The molecule has 0 unspecified atom stereocenters. The van der Waals surface area contributed by atoms with Crippen LogP contribution >= 0.6 is 0 Å². The second kappa shape index (κ2) is 3.86. The molecule has 3 rings (SSSR count). The summed E-state index contributed by atoms with van der Waals surface area (Å²) >= 11 is 0. The molecule has 0 saturated heterocycles. The lowest BCUT2D eigenvalue weighted by Gasteiger charge is -2.19. The highest BCUT2D eigenvalue weighted by Crippen LogP contribution is 2.34. The van der Waals surface area contributed by atoms with Crippen molar-refractivity contribution < 1.29 is 13.2 Å². The first-order valence-electron chi connectivity index (χ1n) is 5.84. The number of pyridine rings is 1. The van der Waals surface area contributed by atoms with Gasteiger partial charge in [0.05, 0.1) is 5.39 Å². The summed E-state index contributed by atoms with van der Waals surface area (Å²) in [7, 11) is 0. The molecule has 0 aliphatic heterocycles. The molecule has 1 aliphatic rings. The lowest BCUT2D eigenvalue weighted by Crippen LogP contribution is -2.11. The molecule has 1 aromatic heterocycles. The Morgan fingerprint density at radius 3 is 2.56 bits per heavy atom. The highest BCUT2D eigenvalue weighted by Gasteiger charge is 2.22. The van der Waals surface area contributed by atoms with E-state index in [2.05, 4.69) is 4.98 Å². The Morgan fingerprint density at radius 1 is 1.06 bits per heavy atom. The summed E-state index contributed by atoms with van der Waals surface area (Å²) in [5, 5.41) is -0.102. The molecule has 5 heteroatoms. The Labute approximate surface area is 102 Å². The standard InChI is InChI=1S/C13H11F3N2/c14-7-5-8(15)11(16)13-10(7)12(17)6-3-1-2-4-9(6)18-13/h5H,1-4H2,(H2,17,18). The average Bonchev–Trinajstić information content (AvgIpc) is 2.36. The van der Waals surface area contributed by atoms with Crippen LogP contribution in [0.2, 0.25) is 0 Å². The third-order valence-corrected chi connectivity index (χ3v) is 3.43. The Hall–Kier alpha value is -1.78. The minimum atomic E-state index is -1.23. The van der Waals surface area contributed by atoms with E-state index in [4.69, 9.17) is 5.73 Å². The number of nitrogens with zero attached hydrogens (tertiary/aromatic N) is 1. The summed E-state index contributed by atoms with van der Waals surface area (Å²) in [6.45, 7) is 0. The van der Waals surface area contributed by atoms with Crippen molar-refractivity contribution in [2.75, 3.05) is 5.73 Å². The molecular weight excluding hydrogens is 241 g/mol. The highest BCUT2D eigenvalue weighted by molar-refractivity contribution is 5.93. The number of fused-ring (bicyclic) bond motifs is 2. The predicted octanol–water partition coefficient (Wildman–Crippen LogP) is 3.11. The second-order valence-electron chi connectivity index (χ2n) is 4.54. The van der Waals surface area contributed by atoms with Gasteiger partial charge in [0.2, 0.25) is 0 Å². The van der Waals surface area contributed by atoms with Crippen molar-refractivity contribution in [3.63, 3.8) is 0 Å². The number of hydrogen-bond donors (Lipinski definition) is 1. The van der Waals surface area contributed by atoms with Gasteiger partial charge in [0, 0.05) is 17.4 Å². The zero-order valence-electron chi connectivity index (χ0n) is 9.56. The Bertz CT molecular complexity index is 653. The van der Waals surface area contributed by atoms with Gasteiger partial charge in [-0.2, -0.15) is 0 Å². The molecule has 0 atom stereocenters. The number of hydrogen-bond acceptors (Lipinski definition) is 2. The van der Waals surface area contributed by atoms with E-state index >= 15 is 0 Å². The van der Waals surface area contributed by atoms with E-state index in [-0.39, 0.29) is 16.6 Å². The number of halogens is 3. The summed E-state index contributed by atoms with van der Waals surface area (Å²) < 4.78 is 40.6. The fraction of sp³-hybridized carbons (Fsp3) is 0.308. The van der Waals surface area contributed by atoms with Gasteiger partial charge in [0.15, 0.2) is 11.6 Å². The van der Waals surface area contributed by atoms with Gasteiger partial charge in [0.25, 0.3) is 0 Å². The Balaban J connectivity index is 2.45. The van der Waals surface area contributed by atoms with Crippen molar-refractivity contribution >= 4 is 16.6 Å². The third-order valence-electron chi connectivity index (χ3n) is 3.43. The molecule has 94 valence electrons. The molecule has 0 saturated carbocycles. The maximum absolute atomic E-state index is 13.7. The maximum Gasteiger partial charge on any atom is 0.185 e. The zero-order valence-corrected chi connectivity index (χ0v) is 9.56. The van der Waals surface area contributed by atoms with E-state index in [1.165, 1.54) is 0 Å². The molecule has 0 amide bonds. The number of anilines is 1. The molecule has 0 spiro atoms. The predicted molar refractivity (Wildman–Crippen MR) is 62.7 cm³/mol. The van der Waals surface area contributed by atoms with E-state index in [1.807, 2.05) is 0 Å². The van der Waals surface area contributed by atoms with Crippen LogP contribution in [0.15, 0.2) is 6.07 Å². The quantitative estimate of drug-likeness (QED) is 0.732. The van der Waals surface area contributed by atoms with Crippen molar-refractivity contribution in [3.05, 3.63) is 34.8 Å². The van der Waals surface area contributed by atoms with Crippen LogP contribution in [-0.2, 0) is 12.8 Å². The summed E-state index contributed by atoms with van der Waals surface area (Å²) in [6, 6.07) is 0.519. The lowest BCUT2D eigenvalue weighted by molar-refractivity contribution is 0.503. The van der Waals surface area contributed by atoms with E-state index < -0.39 is 17.5 Å². The maximum atomic E-state index is 13.7. The van der Waals surface area contributed by atoms with Crippen molar-refractivity contribution in [2.45, 2.75) is 25.7 Å². The molecule has 2 aromatic rings. The van der Waals surface area contributed by atoms with Crippen molar-refractivity contribution in [1.29, 1.82) is 0 Å². The van der Waals surface area contributed by atoms with Gasteiger partial charge in [-0.25, -0.2) is 18.2 Å². The van der Waals surface area contributed by atoms with Gasteiger partial charge in [-0.15, -0.1) is 0 Å². The van der Waals surface area contributed by atoms with Crippen molar-refractivity contribution in [1.82, 2.24) is 4.98 Å². The van der Waals surface area contributed by atoms with Crippen LogP contribution in [0.3, 0.4) is 0 Å². The minimum absolute atomic E-state index is 0.102. The molecule has 0 bridgehead atoms. The van der Waals surface area contributed by atoms with Crippen LogP contribution in [0.5, 0.6) is 0 Å². The highest BCUT2D eigenvalue weighted by atomic mass is 19.2. The summed E-state index contributed by atoms with van der Waals surface area (Å²) in [6.07, 6.45) is 3.27. The first-order valence-corrected chi connectivity index (χ1v) is 5.84. The summed E-state index contributed by atoms with van der Waals surface area (Å²) in [5.41, 5.74) is 7.23. The van der Waals surface area contributed by atoms with E-state index in [9.17, 15) is 13.2 Å². The fourth-order valence-corrected chi connectivity index (χ4v) is 2.53. The molecule has 18 heavy (non-hydrogen) atoms. The first kappa shape index (κ1) is 11.3. The Morgan fingerprint density at radius 2 is 1.78 bits per heavy atom. The zero-order chi connectivity index (χ0) is 12.9. The van der Waals surface area contributed by atoms with Crippen LogP contribution < -0.4 is 5.73 Å². The van der Waals surface area contributed by atoms with Gasteiger partial charge < -0.3 is 5.73 Å². The number of nitrogens with two attached hydrogens (primary N) is 1. The average molecular weight is 252 g/mol. The lowest BCUT2D eigenvalue weighted by atomic mass is 9.93. The molecule has 1 aromatic carbocycles. The minimum Gasteiger partial charge on any atom is -0.398 e. The monoisotopic (exact) mass is 252 g/mol. The number of nitrogen functional groups attached to an aromatic ring is 1. The van der Waals surface area contributed by atoms with Gasteiger partial charge >= 0.3 is 0 Å². The van der Waals surface area contributed by atoms with Gasteiger partial charge in [-0.1, -0.05) is 0 Å². The van der Waals surface area contributed by atoms with Crippen molar-refractivity contribution in [2.24, 2.45) is 0 Å². The molecule has 1 aliphatic carbocycles. The summed E-state index contributed by atoms with van der Waals surface area (Å²) in [5.74, 6) is -3.23. The SMILES string of the molecule is Nc1c2c(nc3c(F)c(F)cc(F)c13)CCCC2. The van der Waals surface area contributed by atoms with Crippen LogP contribution in [0.4, 0.5) is 18.9 Å². The topological polar surface area (TPSA) is 38.9 Å². The number of aryl methyl sites for hydroxylation is 1. The first-order chi connectivity index (χ1) is 8.59. The largest absolute Gasteiger partial charge is 0.398 e. The molecule has 1 heterocycles. The Kier molecular flexibility index (Phi) is 2.43. The molecule has 0 radical (unpaired) electrons. The van der Waals surface area contributed by atoms with Crippen molar-refractivity contribution in [3.8, 4) is 0 Å². The van der Waals surface area contributed by atoms with E-state index in [0.29, 0.717) is 24.6 Å². The third kappa shape index (κ3) is 1.46. The smallest absolute Gasteiger partial charge is 0.185 e. The second-order valence-corrected chi connectivity index (χ2v) is 4.54. The number of rotatable bonds is 0. The van der Waals surface area contributed by atoms with E-state index in [1.54, 1.807) is 0 Å². The van der Waals surface area contributed by atoms with Gasteiger partial charge in [-0.05, 0) is 31.2 Å². The van der Waals surface area contributed by atoms with E-state index in [0.717, 1.165) is 18.4 Å². The van der Waals surface area contributed by atoms with Crippen LogP contribution in [0.25, 0.3) is 10.9 Å². The number of benzene rings is 1. The van der Waals surface area contributed by atoms with Crippen LogP contribution in [0.1, 0.15) is 24.1 Å².